The highest BCUT2D eigenvalue weighted by Gasteiger charge is 2.06. The molecular formula is C11H11F2NO5. The van der Waals surface area contributed by atoms with Crippen molar-refractivity contribution >= 4 is 17.6 Å². The van der Waals surface area contributed by atoms with Crippen LogP contribution in [0.15, 0.2) is 24.3 Å². The van der Waals surface area contributed by atoms with Gasteiger partial charge in [-0.15, -0.1) is 0 Å². The fourth-order valence-electron chi connectivity index (χ4n) is 1.15. The Morgan fingerprint density at radius 3 is 2.37 bits per heavy atom. The third-order valence-electron chi connectivity index (χ3n) is 1.82. The van der Waals surface area contributed by atoms with E-state index in [1.54, 1.807) is 0 Å². The maximum atomic E-state index is 11.9. The van der Waals surface area contributed by atoms with Crippen LogP contribution in [0.5, 0.6) is 5.75 Å². The van der Waals surface area contributed by atoms with E-state index in [-0.39, 0.29) is 5.75 Å². The summed E-state index contributed by atoms with van der Waals surface area (Å²) < 4.78 is 32.5. The summed E-state index contributed by atoms with van der Waals surface area (Å²) in [6.45, 7) is -3.90. The van der Waals surface area contributed by atoms with Crippen LogP contribution in [0.4, 0.5) is 14.5 Å². The summed E-state index contributed by atoms with van der Waals surface area (Å²) in [5.74, 6) is -1.76. The van der Waals surface area contributed by atoms with E-state index in [4.69, 9.17) is 5.11 Å². The lowest BCUT2D eigenvalue weighted by Gasteiger charge is -2.07. The molecule has 8 heteroatoms. The molecule has 2 N–H and O–H groups in total. The van der Waals surface area contributed by atoms with E-state index in [0.29, 0.717) is 5.69 Å². The fraction of sp³-hybridized carbons (Fsp3) is 0.273. The Bertz CT molecular complexity index is 435. The van der Waals surface area contributed by atoms with Gasteiger partial charge in [0.2, 0.25) is 5.91 Å². The van der Waals surface area contributed by atoms with Gasteiger partial charge in [-0.1, -0.05) is 0 Å². The van der Waals surface area contributed by atoms with Gasteiger partial charge in [0.15, 0.2) is 0 Å². The highest BCUT2D eigenvalue weighted by molar-refractivity contribution is 5.91. The van der Waals surface area contributed by atoms with Crippen LogP contribution in [0.3, 0.4) is 0 Å². The molecule has 0 bridgehead atoms. The van der Waals surface area contributed by atoms with Crippen molar-refractivity contribution in [1.82, 2.24) is 0 Å². The number of amides is 1. The number of carbonyl (C=O) groups excluding carboxylic acids is 1. The zero-order chi connectivity index (χ0) is 14.3. The topological polar surface area (TPSA) is 84.9 Å². The average Bonchev–Trinajstić information content (AvgIpc) is 2.30. The first-order chi connectivity index (χ1) is 8.97. The zero-order valence-corrected chi connectivity index (χ0v) is 9.64. The van der Waals surface area contributed by atoms with Crippen LogP contribution in [-0.2, 0) is 14.3 Å². The van der Waals surface area contributed by atoms with Crippen molar-refractivity contribution in [3.05, 3.63) is 24.3 Å². The lowest BCUT2D eigenvalue weighted by atomic mass is 10.3. The zero-order valence-electron chi connectivity index (χ0n) is 9.64. The number of ether oxygens (including phenoxy) is 2. The number of carboxylic acid groups (broad SMARTS) is 1. The number of carbonyl (C=O) groups is 2. The molecule has 0 aliphatic rings. The number of hydrogen-bond acceptors (Lipinski definition) is 4. The van der Waals surface area contributed by atoms with Crippen molar-refractivity contribution in [2.75, 3.05) is 18.5 Å². The molecule has 0 aromatic heterocycles. The summed E-state index contributed by atoms with van der Waals surface area (Å²) in [6, 6.07) is 5.26. The van der Waals surface area contributed by atoms with Gasteiger partial charge in [-0.2, -0.15) is 8.78 Å². The van der Waals surface area contributed by atoms with E-state index in [0.717, 1.165) is 0 Å². The normalized spacial score (nSPS) is 10.3. The maximum absolute atomic E-state index is 11.9. The second-order valence-corrected chi connectivity index (χ2v) is 3.34. The van der Waals surface area contributed by atoms with Crippen LogP contribution >= 0.6 is 0 Å². The van der Waals surface area contributed by atoms with Crippen molar-refractivity contribution in [3.63, 3.8) is 0 Å². The van der Waals surface area contributed by atoms with Gasteiger partial charge in [0.05, 0.1) is 0 Å². The van der Waals surface area contributed by atoms with Crippen molar-refractivity contribution in [2.24, 2.45) is 0 Å². The van der Waals surface area contributed by atoms with Gasteiger partial charge in [-0.3, -0.25) is 4.79 Å². The molecule has 0 atom stereocenters. The Labute approximate surface area is 106 Å². The monoisotopic (exact) mass is 275 g/mol. The molecule has 1 rings (SSSR count). The molecule has 1 amide bonds. The van der Waals surface area contributed by atoms with E-state index in [1.807, 2.05) is 0 Å². The molecular weight excluding hydrogens is 264 g/mol. The fourth-order valence-corrected chi connectivity index (χ4v) is 1.15. The second-order valence-electron chi connectivity index (χ2n) is 3.34. The Hall–Kier alpha value is -2.22. The Morgan fingerprint density at radius 1 is 1.21 bits per heavy atom. The third kappa shape index (κ3) is 6.32. The van der Waals surface area contributed by atoms with E-state index in [2.05, 4.69) is 14.8 Å². The van der Waals surface area contributed by atoms with Crippen LogP contribution in [0.2, 0.25) is 0 Å². The van der Waals surface area contributed by atoms with Crippen molar-refractivity contribution in [2.45, 2.75) is 6.61 Å². The van der Waals surface area contributed by atoms with E-state index < -0.39 is 31.7 Å². The Balaban J connectivity index is 2.40. The van der Waals surface area contributed by atoms with Gasteiger partial charge in [0.1, 0.15) is 19.0 Å². The number of anilines is 1. The Kier molecular flexibility index (Phi) is 5.68. The van der Waals surface area contributed by atoms with Crippen molar-refractivity contribution in [1.29, 1.82) is 0 Å². The van der Waals surface area contributed by atoms with E-state index >= 15 is 0 Å². The van der Waals surface area contributed by atoms with Gasteiger partial charge < -0.3 is 19.9 Å². The molecule has 0 fully saturated rings. The van der Waals surface area contributed by atoms with Crippen LogP contribution in [-0.4, -0.2) is 36.8 Å². The summed E-state index contributed by atoms with van der Waals surface area (Å²) in [5, 5.41) is 10.7. The smallest absolute Gasteiger partial charge is 0.387 e. The summed E-state index contributed by atoms with van der Waals surface area (Å²) in [4.78, 5) is 21.4. The number of halogens is 2. The quantitative estimate of drug-likeness (QED) is 0.784. The third-order valence-corrected chi connectivity index (χ3v) is 1.82. The molecule has 0 unspecified atom stereocenters. The summed E-state index contributed by atoms with van der Waals surface area (Å²) >= 11 is 0. The molecule has 0 aliphatic heterocycles. The number of hydrogen-bond donors (Lipinski definition) is 2. The molecule has 19 heavy (non-hydrogen) atoms. The lowest BCUT2D eigenvalue weighted by Crippen LogP contribution is -2.20. The van der Waals surface area contributed by atoms with Crippen LogP contribution in [0, 0.1) is 0 Å². The predicted octanol–water partition coefficient (Wildman–Crippen LogP) is 1.33. The number of aliphatic carboxylic acids is 1. The minimum atomic E-state index is -2.91. The number of nitrogens with one attached hydrogen (secondary N) is 1. The minimum absolute atomic E-state index is 0.0323. The molecule has 104 valence electrons. The number of alkyl halides is 2. The molecule has 0 spiro atoms. The highest BCUT2D eigenvalue weighted by Crippen LogP contribution is 2.17. The number of carboxylic acids is 1. The van der Waals surface area contributed by atoms with Gasteiger partial charge in [0, 0.05) is 5.69 Å². The molecule has 0 heterocycles. The molecule has 0 saturated heterocycles. The molecule has 0 aliphatic carbocycles. The van der Waals surface area contributed by atoms with Crippen LogP contribution in [0.25, 0.3) is 0 Å². The summed E-state index contributed by atoms with van der Waals surface area (Å²) in [7, 11) is 0. The molecule has 6 nitrogen and oxygen atoms in total. The van der Waals surface area contributed by atoms with Crippen molar-refractivity contribution in [3.8, 4) is 5.75 Å². The molecule has 1 aromatic rings. The number of benzene rings is 1. The second kappa shape index (κ2) is 7.27. The van der Waals surface area contributed by atoms with E-state index in [1.165, 1.54) is 24.3 Å². The summed E-state index contributed by atoms with van der Waals surface area (Å²) in [5.41, 5.74) is 0.352. The Morgan fingerprint density at radius 2 is 1.84 bits per heavy atom. The van der Waals surface area contributed by atoms with Crippen LogP contribution < -0.4 is 10.1 Å². The first-order valence-electron chi connectivity index (χ1n) is 5.11. The molecule has 0 radical (unpaired) electrons. The first-order valence-corrected chi connectivity index (χ1v) is 5.11. The standard InChI is InChI=1S/C11H11F2NO5/c12-11(13)19-8-3-1-7(2-4-8)14-9(15)5-18-6-10(16)17/h1-4,11H,5-6H2,(H,14,15)(H,16,17). The first kappa shape index (κ1) is 14.8. The van der Waals surface area contributed by atoms with Crippen molar-refractivity contribution < 1.29 is 33.0 Å². The average molecular weight is 275 g/mol. The van der Waals surface area contributed by atoms with Crippen LogP contribution in [0.1, 0.15) is 0 Å². The van der Waals surface area contributed by atoms with Gasteiger partial charge in [0.25, 0.3) is 0 Å². The largest absolute Gasteiger partial charge is 0.480 e. The lowest BCUT2D eigenvalue weighted by molar-refractivity contribution is -0.143. The van der Waals surface area contributed by atoms with Gasteiger partial charge >= 0.3 is 12.6 Å². The predicted molar refractivity (Wildman–Crippen MR) is 60.2 cm³/mol. The van der Waals surface area contributed by atoms with E-state index in [9.17, 15) is 18.4 Å². The van der Waals surface area contributed by atoms with Gasteiger partial charge in [-0.05, 0) is 24.3 Å². The highest BCUT2D eigenvalue weighted by atomic mass is 19.3. The minimum Gasteiger partial charge on any atom is -0.480 e. The number of rotatable bonds is 7. The maximum Gasteiger partial charge on any atom is 0.387 e. The SMILES string of the molecule is O=C(O)COCC(=O)Nc1ccc(OC(F)F)cc1. The summed E-state index contributed by atoms with van der Waals surface area (Å²) in [6.07, 6.45) is 0. The molecule has 1 aromatic carbocycles. The van der Waals surface area contributed by atoms with Gasteiger partial charge in [-0.25, -0.2) is 4.79 Å². The molecule has 0 saturated carbocycles.